The Morgan fingerprint density at radius 2 is 1.79 bits per heavy atom. The van der Waals surface area contributed by atoms with E-state index in [1.807, 2.05) is 18.2 Å². The first-order chi connectivity index (χ1) is 33.6. The van der Waals surface area contributed by atoms with Gasteiger partial charge in [-0.3, -0.25) is 24.7 Å². The fourth-order valence-corrected chi connectivity index (χ4v) is 11.6. The molecule has 0 radical (unpaired) electrons. The molecule has 19 heteroatoms. The first kappa shape index (κ1) is 47.9. The molecule has 5 aromatic rings. The van der Waals surface area contributed by atoms with E-state index in [9.17, 15) is 23.3 Å². The van der Waals surface area contributed by atoms with Crippen LogP contribution in [0.4, 0.5) is 17.1 Å². The summed E-state index contributed by atoms with van der Waals surface area (Å²) in [4.78, 5) is 42.6. The Morgan fingerprint density at radius 3 is 2.53 bits per heavy atom. The molecule has 3 fully saturated rings. The quantitative estimate of drug-likeness (QED) is 0.0723. The number of carbonyl (C=O) groups excluding carboxylic acids is 1. The molecule has 2 aromatic heterocycles. The van der Waals surface area contributed by atoms with Gasteiger partial charge in [0.25, 0.3) is 21.6 Å². The van der Waals surface area contributed by atoms with Crippen LogP contribution in [0.15, 0.2) is 89.6 Å². The number of piperazine rings is 2. The maximum absolute atomic E-state index is 14.2. The van der Waals surface area contributed by atoms with Gasteiger partial charge in [-0.25, -0.2) is 18.1 Å². The van der Waals surface area contributed by atoms with Crippen LogP contribution in [0.2, 0.25) is 5.02 Å². The van der Waals surface area contributed by atoms with Crippen LogP contribution in [0.5, 0.6) is 17.2 Å². The third-order valence-electron chi connectivity index (χ3n) is 14.6. The molecule has 6 heterocycles. The van der Waals surface area contributed by atoms with E-state index in [0.717, 1.165) is 100 Å². The number of carbonyl (C=O) groups is 1. The van der Waals surface area contributed by atoms with Crippen LogP contribution in [0, 0.1) is 15.5 Å². The van der Waals surface area contributed by atoms with Gasteiger partial charge in [-0.2, -0.15) is 0 Å². The van der Waals surface area contributed by atoms with Gasteiger partial charge in [0, 0.05) is 105 Å². The highest BCUT2D eigenvalue weighted by Gasteiger charge is 2.36. The normalized spacial score (nSPS) is 21.4. The van der Waals surface area contributed by atoms with Gasteiger partial charge in [-0.1, -0.05) is 43.2 Å². The number of rotatable bonds is 14. The minimum absolute atomic E-state index is 0.0192. The molecule has 10 rings (SSSR count). The van der Waals surface area contributed by atoms with Crippen LogP contribution in [0.3, 0.4) is 0 Å². The molecule has 0 unspecified atom stereocenters. The number of sulfonamides is 1. The Bertz CT molecular complexity index is 2920. The van der Waals surface area contributed by atoms with Gasteiger partial charge in [-0.15, -0.1) is 0 Å². The average Bonchev–Trinajstić information content (AvgIpc) is 3.79. The van der Waals surface area contributed by atoms with Crippen molar-refractivity contribution in [2.75, 3.05) is 88.9 Å². The topological polar surface area (TPSA) is 188 Å². The van der Waals surface area contributed by atoms with Crippen molar-refractivity contribution in [3.05, 3.63) is 111 Å². The van der Waals surface area contributed by atoms with E-state index in [1.54, 1.807) is 30.5 Å². The largest absolute Gasteiger partial charge is 0.489 e. The van der Waals surface area contributed by atoms with E-state index in [-0.39, 0.29) is 40.8 Å². The zero-order valence-corrected chi connectivity index (χ0v) is 41.4. The van der Waals surface area contributed by atoms with E-state index in [2.05, 4.69) is 72.5 Å². The monoisotopic (exact) mass is 993 g/mol. The predicted molar refractivity (Wildman–Crippen MR) is 270 cm³/mol. The molecular formula is C51H60ClN9O8S. The molecule has 17 nitrogen and oxygen atoms in total. The first-order valence-electron chi connectivity index (χ1n) is 24.2. The van der Waals surface area contributed by atoms with Gasteiger partial charge in [-0.05, 0) is 85.6 Å². The third-order valence-corrected chi connectivity index (χ3v) is 16.1. The SMILES string of the molecule is C[C@H]1CN(CC[C@H]2COc3cc(S(=O)(=O)NC(=O)c4ccc(N5CCN(CC6=C(c7ccc(Cl)cc7)CC(C)(C)CC6)CC5)cc4Oc4cnc5[nH]ccc5c4)cc([N+](=O)[O-])c3N2)CCN1C1COC1. The molecule has 2 atom stereocenters. The van der Waals surface area contributed by atoms with Crippen molar-refractivity contribution in [1.29, 1.82) is 0 Å². The number of amides is 1. The number of aromatic nitrogens is 2. The molecule has 3 N–H and O–H groups in total. The van der Waals surface area contributed by atoms with Gasteiger partial charge in [0.15, 0.2) is 11.4 Å². The number of allylic oxidation sites excluding steroid dienone is 1. The minimum Gasteiger partial charge on any atom is -0.489 e. The number of fused-ring (bicyclic) bond motifs is 2. The third kappa shape index (κ3) is 10.5. The summed E-state index contributed by atoms with van der Waals surface area (Å²) in [7, 11) is -4.67. The van der Waals surface area contributed by atoms with Gasteiger partial charge in [0.1, 0.15) is 23.8 Å². The lowest BCUT2D eigenvalue weighted by Gasteiger charge is -2.46. The second-order valence-corrected chi connectivity index (χ2v) is 22.2. The highest BCUT2D eigenvalue weighted by Crippen LogP contribution is 2.44. The lowest BCUT2D eigenvalue weighted by Crippen LogP contribution is -2.60. The molecule has 0 saturated carbocycles. The smallest absolute Gasteiger partial charge is 0.297 e. The van der Waals surface area contributed by atoms with Gasteiger partial charge in [0.05, 0.1) is 46.9 Å². The molecule has 4 aliphatic heterocycles. The Kier molecular flexibility index (Phi) is 13.5. The zero-order chi connectivity index (χ0) is 48.7. The predicted octanol–water partition coefficient (Wildman–Crippen LogP) is 7.79. The number of hydrogen-bond acceptors (Lipinski definition) is 14. The van der Waals surface area contributed by atoms with E-state index in [4.69, 9.17) is 25.8 Å². The molecule has 70 heavy (non-hydrogen) atoms. The van der Waals surface area contributed by atoms with E-state index in [0.29, 0.717) is 43.0 Å². The summed E-state index contributed by atoms with van der Waals surface area (Å²) in [6.07, 6.45) is 7.14. The summed E-state index contributed by atoms with van der Waals surface area (Å²) in [5.74, 6) is -0.494. The number of nitrogens with one attached hydrogen (secondary N) is 3. The van der Waals surface area contributed by atoms with Crippen molar-refractivity contribution in [2.24, 2.45) is 5.41 Å². The molecule has 3 aromatic carbocycles. The lowest BCUT2D eigenvalue weighted by molar-refractivity contribution is -0.384. The zero-order valence-electron chi connectivity index (χ0n) is 39.8. The molecule has 0 bridgehead atoms. The van der Waals surface area contributed by atoms with Crippen LogP contribution >= 0.6 is 11.6 Å². The van der Waals surface area contributed by atoms with Gasteiger partial charge in [0.2, 0.25) is 0 Å². The van der Waals surface area contributed by atoms with E-state index < -0.39 is 31.4 Å². The second-order valence-electron chi connectivity index (χ2n) is 20.1. The number of halogens is 1. The van der Waals surface area contributed by atoms with Crippen molar-refractivity contribution in [3.8, 4) is 17.2 Å². The molecule has 370 valence electrons. The summed E-state index contributed by atoms with van der Waals surface area (Å²) >= 11 is 6.26. The minimum atomic E-state index is -4.67. The second kappa shape index (κ2) is 19.8. The number of ether oxygens (including phenoxy) is 3. The number of hydrogen-bond donors (Lipinski definition) is 3. The Labute approximate surface area is 413 Å². The van der Waals surface area contributed by atoms with Crippen molar-refractivity contribution in [1.82, 2.24) is 29.4 Å². The average molecular weight is 995 g/mol. The number of nitrogens with zero attached hydrogens (tertiary/aromatic N) is 6. The highest BCUT2D eigenvalue weighted by atomic mass is 35.5. The summed E-state index contributed by atoms with van der Waals surface area (Å²) < 4.78 is 48.0. The number of pyridine rings is 1. The Morgan fingerprint density at radius 1 is 1.00 bits per heavy atom. The van der Waals surface area contributed by atoms with Gasteiger partial charge >= 0.3 is 0 Å². The van der Waals surface area contributed by atoms with Crippen LogP contribution in [-0.2, 0) is 14.8 Å². The molecule has 0 spiro atoms. The molecule has 5 aliphatic rings. The summed E-state index contributed by atoms with van der Waals surface area (Å²) in [6.45, 7) is 16.1. The Hall–Kier alpha value is -5.76. The molecule has 1 aliphatic carbocycles. The van der Waals surface area contributed by atoms with Gasteiger partial charge < -0.3 is 34.3 Å². The lowest BCUT2D eigenvalue weighted by atomic mass is 9.72. The number of anilines is 2. The van der Waals surface area contributed by atoms with Crippen molar-refractivity contribution < 1.29 is 32.3 Å². The van der Waals surface area contributed by atoms with Crippen molar-refractivity contribution in [3.63, 3.8) is 0 Å². The van der Waals surface area contributed by atoms with Crippen LogP contribution in [0.25, 0.3) is 16.6 Å². The van der Waals surface area contributed by atoms with Crippen LogP contribution in [-0.4, -0.2) is 141 Å². The molecule has 1 amide bonds. The summed E-state index contributed by atoms with van der Waals surface area (Å²) in [5, 5.41) is 17.2. The fourth-order valence-electron chi connectivity index (χ4n) is 10.5. The molecule has 3 saturated heterocycles. The number of aromatic amines is 1. The maximum atomic E-state index is 14.2. The maximum Gasteiger partial charge on any atom is 0.297 e. The number of nitro benzene ring substituents is 1. The van der Waals surface area contributed by atoms with E-state index in [1.165, 1.54) is 29.0 Å². The number of H-pyrrole nitrogens is 1. The standard InChI is InChI=1S/C51H60ClN9O8S/c1-33-28-57(18-21-60(33)40-31-67-32-40)15-12-38-30-68-47-25-42(24-45(61(63)64)48(47)55-38)70(65,66)56-50(62)43-9-8-39(23-46(43)69-41-22-35-11-14-53-49(35)54-27-41)59-19-16-58(17-20-59)29-36-10-13-51(2,3)26-44(36)34-4-6-37(52)7-5-34/h4-9,11,14,22-25,27,33,38,40,55H,10,12-13,15-21,26,28-32H2,1-3H3,(H,53,54)(H,56,62)/t33-,38-/m0/s1. The summed E-state index contributed by atoms with van der Waals surface area (Å²) in [6, 6.07) is 19.7. The van der Waals surface area contributed by atoms with Crippen molar-refractivity contribution in [2.45, 2.75) is 69.5 Å². The summed E-state index contributed by atoms with van der Waals surface area (Å²) in [5.41, 5.74) is 5.36. The number of nitro groups is 1. The van der Waals surface area contributed by atoms with E-state index >= 15 is 0 Å². The Balaban J connectivity index is 0.837. The highest BCUT2D eigenvalue weighted by molar-refractivity contribution is 7.90. The van der Waals surface area contributed by atoms with Crippen LogP contribution < -0.4 is 24.4 Å². The first-order valence-corrected chi connectivity index (χ1v) is 26.0. The fraction of sp³-hybridized carbons (Fsp3) is 0.451. The molecular weight excluding hydrogens is 934 g/mol. The van der Waals surface area contributed by atoms with Crippen molar-refractivity contribution >= 4 is 61.2 Å². The number of benzene rings is 3. The van der Waals surface area contributed by atoms with Crippen LogP contribution in [0.1, 0.15) is 62.4 Å².